The minimum atomic E-state index is -0.208. The van der Waals surface area contributed by atoms with Crippen LogP contribution in [-0.2, 0) is 18.8 Å². The van der Waals surface area contributed by atoms with E-state index in [1.807, 2.05) is 13.0 Å². The van der Waals surface area contributed by atoms with Gasteiger partial charge >= 0.3 is 0 Å². The summed E-state index contributed by atoms with van der Waals surface area (Å²) in [6, 6.07) is 6.60. The topological polar surface area (TPSA) is 37.8 Å². The summed E-state index contributed by atoms with van der Waals surface area (Å²) in [5.74, 6) is 1.27. The molecule has 1 aromatic heterocycles. The maximum Gasteiger partial charge on any atom is 0.139 e. The van der Waals surface area contributed by atoms with Crippen LogP contribution >= 0.6 is 11.8 Å². The number of aromatic nitrogens is 2. The zero-order chi connectivity index (χ0) is 13.2. The lowest BCUT2D eigenvalue weighted by atomic mass is 10.2. The Morgan fingerprint density at radius 1 is 1.32 bits per heavy atom. The van der Waals surface area contributed by atoms with Gasteiger partial charge in [-0.05, 0) is 25.1 Å². The van der Waals surface area contributed by atoms with Gasteiger partial charge in [-0.15, -0.1) is 11.8 Å². The molecule has 5 heteroatoms. The maximum absolute atomic E-state index is 13.1. The van der Waals surface area contributed by atoms with Crippen molar-refractivity contribution in [2.75, 3.05) is 0 Å². The molecule has 1 N–H and O–H groups in total. The standard InChI is InChI=1S/C14H14FN3S/c1-9-12-6-16-7-13(12)18-14(17-9)8-19-11-4-2-3-10(15)5-11/h2-5,16H,6-8H2,1H3. The molecule has 0 unspecified atom stereocenters. The number of hydrogen-bond donors (Lipinski definition) is 1. The molecular formula is C14H14FN3S. The second-order valence-corrected chi connectivity index (χ2v) is 5.55. The van der Waals surface area contributed by atoms with Crippen LogP contribution in [-0.4, -0.2) is 9.97 Å². The van der Waals surface area contributed by atoms with Crippen LogP contribution in [0.4, 0.5) is 4.39 Å². The molecule has 0 radical (unpaired) electrons. The Balaban J connectivity index is 1.76. The third-order valence-corrected chi connectivity index (χ3v) is 4.09. The fourth-order valence-electron chi connectivity index (χ4n) is 2.17. The van der Waals surface area contributed by atoms with Crippen LogP contribution in [0, 0.1) is 12.7 Å². The van der Waals surface area contributed by atoms with E-state index in [0.29, 0.717) is 5.75 Å². The molecule has 1 aliphatic heterocycles. The van der Waals surface area contributed by atoms with Gasteiger partial charge < -0.3 is 5.32 Å². The minimum absolute atomic E-state index is 0.208. The molecular weight excluding hydrogens is 261 g/mol. The van der Waals surface area contributed by atoms with E-state index in [0.717, 1.165) is 35.2 Å². The highest BCUT2D eigenvalue weighted by Crippen LogP contribution is 2.23. The van der Waals surface area contributed by atoms with Crippen LogP contribution in [0.5, 0.6) is 0 Å². The van der Waals surface area contributed by atoms with Gasteiger partial charge in [0.1, 0.15) is 11.6 Å². The fraction of sp³-hybridized carbons (Fsp3) is 0.286. The monoisotopic (exact) mass is 275 g/mol. The van der Waals surface area contributed by atoms with Gasteiger partial charge in [-0.25, -0.2) is 14.4 Å². The summed E-state index contributed by atoms with van der Waals surface area (Å²) in [6.07, 6.45) is 0. The first-order chi connectivity index (χ1) is 9.22. The molecule has 0 saturated carbocycles. The van der Waals surface area contributed by atoms with E-state index in [9.17, 15) is 4.39 Å². The second-order valence-electron chi connectivity index (χ2n) is 4.50. The number of halogens is 1. The van der Waals surface area contributed by atoms with Gasteiger partial charge in [0.05, 0.1) is 11.4 Å². The highest BCUT2D eigenvalue weighted by molar-refractivity contribution is 7.98. The molecule has 0 saturated heterocycles. The first kappa shape index (κ1) is 12.6. The molecule has 1 aromatic carbocycles. The Bertz CT molecular complexity index is 616. The van der Waals surface area contributed by atoms with Crippen molar-refractivity contribution in [1.82, 2.24) is 15.3 Å². The number of benzene rings is 1. The van der Waals surface area contributed by atoms with Gasteiger partial charge in [0.25, 0.3) is 0 Å². The minimum Gasteiger partial charge on any atom is -0.307 e. The molecule has 98 valence electrons. The second kappa shape index (κ2) is 5.27. The molecule has 3 rings (SSSR count). The number of rotatable bonds is 3. The molecule has 0 aliphatic carbocycles. The predicted molar refractivity (Wildman–Crippen MR) is 73.3 cm³/mol. The summed E-state index contributed by atoms with van der Waals surface area (Å²) in [6.45, 7) is 3.69. The van der Waals surface area contributed by atoms with Crippen LogP contribution in [0.3, 0.4) is 0 Å². The van der Waals surface area contributed by atoms with Crippen molar-refractivity contribution in [3.05, 3.63) is 52.9 Å². The van der Waals surface area contributed by atoms with Crippen molar-refractivity contribution in [2.24, 2.45) is 0 Å². The highest BCUT2D eigenvalue weighted by Gasteiger charge is 2.16. The predicted octanol–water partition coefficient (Wildman–Crippen LogP) is 2.82. The highest BCUT2D eigenvalue weighted by atomic mass is 32.2. The Hall–Kier alpha value is -1.46. The van der Waals surface area contributed by atoms with Crippen LogP contribution in [0.1, 0.15) is 22.8 Å². The van der Waals surface area contributed by atoms with Crippen molar-refractivity contribution >= 4 is 11.8 Å². The Morgan fingerprint density at radius 3 is 3.05 bits per heavy atom. The first-order valence-electron chi connectivity index (χ1n) is 6.17. The van der Waals surface area contributed by atoms with E-state index < -0.39 is 0 Å². The number of nitrogens with one attached hydrogen (secondary N) is 1. The van der Waals surface area contributed by atoms with Crippen molar-refractivity contribution in [1.29, 1.82) is 0 Å². The molecule has 0 amide bonds. The number of aryl methyl sites for hydroxylation is 1. The third kappa shape index (κ3) is 2.77. The third-order valence-electron chi connectivity index (χ3n) is 3.10. The maximum atomic E-state index is 13.1. The molecule has 19 heavy (non-hydrogen) atoms. The molecule has 0 spiro atoms. The van der Waals surface area contributed by atoms with Crippen LogP contribution in [0.25, 0.3) is 0 Å². The first-order valence-corrected chi connectivity index (χ1v) is 7.15. The number of hydrogen-bond acceptors (Lipinski definition) is 4. The largest absolute Gasteiger partial charge is 0.307 e. The number of nitrogens with zero attached hydrogens (tertiary/aromatic N) is 2. The van der Waals surface area contributed by atoms with Gasteiger partial charge in [0, 0.05) is 29.2 Å². The molecule has 3 nitrogen and oxygen atoms in total. The summed E-state index contributed by atoms with van der Waals surface area (Å²) in [5.41, 5.74) is 3.37. The SMILES string of the molecule is Cc1nc(CSc2cccc(F)c2)nc2c1CNC2. The van der Waals surface area contributed by atoms with E-state index in [4.69, 9.17) is 0 Å². The molecule has 1 aliphatic rings. The smallest absolute Gasteiger partial charge is 0.139 e. The summed E-state index contributed by atoms with van der Waals surface area (Å²) < 4.78 is 13.1. The number of fused-ring (bicyclic) bond motifs is 1. The summed E-state index contributed by atoms with van der Waals surface area (Å²) in [5, 5.41) is 3.28. The average Bonchev–Trinajstić information content (AvgIpc) is 2.85. The fourth-order valence-corrected chi connectivity index (χ4v) is 2.97. The van der Waals surface area contributed by atoms with Gasteiger partial charge in [-0.1, -0.05) is 6.07 Å². The van der Waals surface area contributed by atoms with Crippen LogP contribution in [0.15, 0.2) is 29.2 Å². The molecule has 2 heterocycles. The van der Waals surface area contributed by atoms with Crippen molar-refractivity contribution in [3.63, 3.8) is 0 Å². The molecule has 2 aromatic rings. The summed E-state index contributed by atoms with van der Waals surface area (Å²) in [4.78, 5) is 9.98. The lowest BCUT2D eigenvalue weighted by molar-refractivity contribution is 0.624. The lowest BCUT2D eigenvalue weighted by Crippen LogP contribution is -2.02. The molecule has 0 fully saturated rings. The van der Waals surface area contributed by atoms with E-state index in [-0.39, 0.29) is 5.82 Å². The quantitative estimate of drug-likeness (QED) is 0.874. The van der Waals surface area contributed by atoms with Gasteiger partial charge in [0.15, 0.2) is 0 Å². The van der Waals surface area contributed by atoms with E-state index in [2.05, 4.69) is 15.3 Å². The van der Waals surface area contributed by atoms with Crippen molar-refractivity contribution < 1.29 is 4.39 Å². The number of thioether (sulfide) groups is 1. The zero-order valence-corrected chi connectivity index (χ0v) is 11.4. The lowest BCUT2D eigenvalue weighted by Gasteiger charge is -2.06. The van der Waals surface area contributed by atoms with Gasteiger partial charge in [-0.3, -0.25) is 0 Å². The van der Waals surface area contributed by atoms with Crippen molar-refractivity contribution in [2.45, 2.75) is 30.7 Å². The van der Waals surface area contributed by atoms with Gasteiger partial charge in [0.2, 0.25) is 0 Å². The Morgan fingerprint density at radius 2 is 2.21 bits per heavy atom. The zero-order valence-electron chi connectivity index (χ0n) is 10.6. The van der Waals surface area contributed by atoms with Crippen LogP contribution in [0.2, 0.25) is 0 Å². The van der Waals surface area contributed by atoms with Gasteiger partial charge in [-0.2, -0.15) is 0 Å². The average molecular weight is 275 g/mol. The molecule has 0 bridgehead atoms. The van der Waals surface area contributed by atoms with E-state index >= 15 is 0 Å². The normalized spacial score (nSPS) is 13.6. The van der Waals surface area contributed by atoms with E-state index in [1.165, 1.54) is 17.7 Å². The Kier molecular flexibility index (Phi) is 3.48. The van der Waals surface area contributed by atoms with E-state index in [1.54, 1.807) is 17.8 Å². The van der Waals surface area contributed by atoms with Crippen LogP contribution < -0.4 is 5.32 Å². The summed E-state index contributed by atoms with van der Waals surface area (Å²) in [7, 11) is 0. The Labute approximate surface area is 115 Å². The summed E-state index contributed by atoms with van der Waals surface area (Å²) >= 11 is 1.56. The van der Waals surface area contributed by atoms with Crippen molar-refractivity contribution in [3.8, 4) is 0 Å². The molecule has 0 atom stereocenters.